The van der Waals surface area contributed by atoms with E-state index in [2.05, 4.69) is 5.32 Å². The Morgan fingerprint density at radius 3 is 2.20 bits per heavy atom. The second-order valence-electron chi connectivity index (χ2n) is 4.87. The summed E-state index contributed by atoms with van der Waals surface area (Å²) in [7, 11) is 0. The topological polar surface area (TPSA) is 75.3 Å². The summed E-state index contributed by atoms with van der Waals surface area (Å²) in [5.74, 6) is -0.0825. The number of rotatable bonds is 4. The molecule has 0 aliphatic rings. The third-order valence-electron chi connectivity index (χ3n) is 3.22. The first kappa shape index (κ1) is 13.9. The van der Waals surface area contributed by atoms with E-state index in [1.807, 2.05) is 38.1 Å². The normalized spacial score (nSPS) is 10.3. The fourth-order valence-corrected chi connectivity index (χ4v) is 2.10. The number of anilines is 1. The van der Waals surface area contributed by atoms with Gasteiger partial charge in [0.25, 0.3) is 0 Å². The lowest BCUT2D eigenvalue weighted by Crippen LogP contribution is -2.10. The van der Waals surface area contributed by atoms with E-state index >= 15 is 0 Å². The molecule has 2 aromatic carbocycles. The number of carbonyl (C=O) groups is 1. The van der Waals surface area contributed by atoms with Crippen LogP contribution in [0.3, 0.4) is 0 Å². The van der Waals surface area contributed by atoms with Crippen LogP contribution >= 0.6 is 0 Å². The van der Waals surface area contributed by atoms with E-state index in [0.717, 1.165) is 22.4 Å². The number of hydrogen-bond donors (Lipinski definition) is 3. The minimum Gasteiger partial charge on any atom is -0.507 e. The smallest absolute Gasteiger partial charge is 0.248 e. The molecule has 4 N–H and O–H groups in total. The van der Waals surface area contributed by atoms with Crippen molar-refractivity contribution < 1.29 is 9.90 Å². The average Bonchev–Trinajstić information content (AvgIpc) is 2.42. The van der Waals surface area contributed by atoms with Crippen LogP contribution in [0.5, 0.6) is 5.75 Å². The van der Waals surface area contributed by atoms with E-state index < -0.39 is 5.91 Å². The standard InChI is InChI=1S/C16H18N2O2/c1-10-7-12(8-11(2)15(10)19)9-18-14-5-3-13(4-6-14)16(17)20/h3-8,18-19H,9H2,1-2H3,(H2,17,20). The van der Waals surface area contributed by atoms with Crippen molar-refractivity contribution in [2.45, 2.75) is 20.4 Å². The van der Waals surface area contributed by atoms with E-state index in [0.29, 0.717) is 17.9 Å². The number of phenolic OH excluding ortho intramolecular Hbond substituents is 1. The van der Waals surface area contributed by atoms with Gasteiger partial charge in [0, 0.05) is 17.8 Å². The highest BCUT2D eigenvalue weighted by molar-refractivity contribution is 5.93. The Labute approximate surface area is 118 Å². The van der Waals surface area contributed by atoms with Crippen molar-refractivity contribution in [1.29, 1.82) is 0 Å². The Kier molecular flexibility index (Phi) is 3.94. The van der Waals surface area contributed by atoms with E-state index in [4.69, 9.17) is 5.73 Å². The highest BCUT2D eigenvalue weighted by Gasteiger charge is 2.04. The molecule has 0 aliphatic heterocycles. The van der Waals surface area contributed by atoms with Crippen LogP contribution in [-0.2, 0) is 6.54 Å². The van der Waals surface area contributed by atoms with Crippen LogP contribution in [0.25, 0.3) is 0 Å². The number of benzene rings is 2. The number of hydrogen-bond acceptors (Lipinski definition) is 3. The van der Waals surface area contributed by atoms with Crippen LogP contribution in [-0.4, -0.2) is 11.0 Å². The van der Waals surface area contributed by atoms with Gasteiger partial charge in [0.1, 0.15) is 5.75 Å². The van der Waals surface area contributed by atoms with Gasteiger partial charge in [-0.25, -0.2) is 0 Å². The molecule has 0 bridgehead atoms. The molecule has 0 saturated carbocycles. The van der Waals surface area contributed by atoms with Crippen molar-refractivity contribution in [2.75, 3.05) is 5.32 Å². The molecule has 20 heavy (non-hydrogen) atoms. The van der Waals surface area contributed by atoms with Gasteiger partial charge in [0.05, 0.1) is 0 Å². The molecule has 4 heteroatoms. The van der Waals surface area contributed by atoms with E-state index in [1.54, 1.807) is 12.1 Å². The van der Waals surface area contributed by atoms with Crippen LogP contribution in [0.2, 0.25) is 0 Å². The lowest BCUT2D eigenvalue weighted by Gasteiger charge is -2.10. The summed E-state index contributed by atoms with van der Waals surface area (Å²) in [5.41, 5.74) is 9.43. The zero-order valence-corrected chi connectivity index (χ0v) is 11.6. The number of aromatic hydroxyl groups is 1. The number of nitrogens with one attached hydrogen (secondary N) is 1. The van der Waals surface area contributed by atoms with Crippen molar-refractivity contribution >= 4 is 11.6 Å². The van der Waals surface area contributed by atoms with Crippen LogP contribution in [0.1, 0.15) is 27.0 Å². The van der Waals surface area contributed by atoms with Crippen molar-refractivity contribution in [3.05, 3.63) is 58.7 Å². The van der Waals surface area contributed by atoms with Crippen LogP contribution in [0.4, 0.5) is 5.69 Å². The molecule has 0 spiro atoms. The third kappa shape index (κ3) is 3.09. The van der Waals surface area contributed by atoms with Crippen molar-refractivity contribution in [1.82, 2.24) is 0 Å². The molecule has 0 aromatic heterocycles. The summed E-state index contributed by atoms with van der Waals surface area (Å²) < 4.78 is 0. The fourth-order valence-electron chi connectivity index (χ4n) is 2.10. The molecule has 2 aromatic rings. The summed E-state index contributed by atoms with van der Waals surface area (Å²) in [6.07, 6.45) is 0. The highest BCUT2D eigenvalue weighted by Crippen LogP contribution is 2.23. The average molecular weight is 270 g/mol. The molecular formula is C16H18N2O2. The predicted octanol–water partition coefficient (Wildman–Crippen LogP) is 2.72. The Balaban J connectivity index is 2.07. The van der Waals surface area contributed by atoms with Crippen molar-refractivity contribution in [3.8, 4) is 5.75 Å². The van der Waals surface area contributed by atoms with Crippen molar-refractivity contribution in [3.63, 3.8) is 0 Å². The molecule has 0 fully saturated rings. The molecular weight excluding hydrogens is 252 g/mol. The van der Waals surface area contributed by atoms with Gasteiger partial charge < -0.3 is 16.2 Å². The highest BCUT2D eigenvalue weighted by atomic mass is 16.3. The Bertz CT molecular complexity index is 610. The van der Waals surface area contributed by atoms with Gasteiger partial charge in [0.2, 0.25) is 5.91 Å². The summed E-state index contributed by atoms with van der Waals surface area (Å²) in [6.45, 7) is 4.42. The van der Waals surface area contributed by atoms with Gasteiger partial charge in [-0.3, -0.25) is 4.79 Å². The van der Waals surface area contributed by atoms with Gasteiger partial charge in [-0.1, -0.05) is 12.1 Å². The SMILES string of the molecule is Cc1cc(CNc2ccc(C(N)=O)cc2)cc(C)c1O. The van der Waals surface area contributed by atoms with E-state index in [-0.39, 0.29) is 0 Å². The Morgan fingerprint density at radius 2 is 1.70 bits per heavy atom. The zero-order chi connectivity index (χ0) is 14.7. The molecule has 104 valence electrons. The molecule has 0 radical (unpaired) electrons. The second kappa shape index (κ2) is 5.65. The second-order valence-corrected chi connectivity index (χ2v) is 4.87. The minimum atomic E-state index is -0.429. The molecule has 0 saturated heterocycles. The Morgan fingerprint density at radius 1 is 1.15 bits per heavy atom. The van der Waals surface area contributed by atoms with Gasteiger partial charge in [-0.05, 0) is 54.8 Å². The molecule has 0 unspecified atom stereocenters. The van der Waals surface area contributed by atoms with Gasteiger partial charge >= 0.3 is 0 Å². The maximum Gasteiger partial charge on any atom is 0.248 e. The number of nitrogens with two attached hydrogens (primary N) is 1. The van der Waals surface area contributed by atoms with Gasteiger partial charge in [-0.2, -0.15) is 0 Å². The largest absolute Gasteiger partial charge is 0.507 e. The van der Waals surface area contributed by atoms with Crippen LogP contribution in [0.15, 0.2) is 36.4 Å². The number of phenols is 1. The zero-order valence-electron chi connectivity index (χ0n) is 11.6. The summed E-state index contributed by atoms with van der Waals surface area (Å²) in [4.78, 5) is 11.0. The maximum atomic E-state index is 11.0. The predicted molar refractivity (Wildman–Crippen MR) is 79.9 cm³/mol. The first-order chi connectivity index (χ1) is 9.47. The molecule has 2 rings (SSSR count). The fraction of sp³-hybridized carbons (Fsp3) is 0.188. The molecule has 1 amide bonds. The van der Waals surface area contributed by atoms with Crippen LogP contribution in [0, 0.1) is 13.8 Å². The van der Waals surface area contributed by atoms with E-state index in [9.17, 15) is 9.90 Å². The summed E-state index contributed by atoms with van der Waals surface area (Å²) >= 11 is 0. The first-order valence-corrected chi connectivity index (χ1v) is 6.40. The number of amides is 1. The molecule has 4 nitrogen and oxygen atoms in total. The lowest BCUT2D eigenvalue weighted by molar-refractivity contribution is 0.100. The molecule has 0 aliphatic carbocycles. The maximum absolute atomic E-state index is 11.0. The molecule has 0 heterocycles. The number of carbonyl (C=O) groups excluding carboxylic acids is 1. The minimum absolute atomic E-state index is 0.347. The monoisotopic (exact) mass is 270 g/mol. The first-order valence-electron chi connectivity index (χ1n) is 6.40. The van der Waals surface area contributed by atoms with Gasteiger partial charge in [0.15, 0.2) is 0 Å². The van der Waals surface area contributed by atoms with E-state index in [1.165, 1.54) is 0 Å². The quantitative estimate of drug-likeness (QED) is 0.799. The molecule has 0 atom stereocenters. The van der Waals surface area contributed by atoms with Gasteiger partial charge in [-0.15, -0.1) is 0 Å². The third-order valence-corrected chi connectivity index (χ3v) is 3.22. The van der Waals surface area contributed by atoms with Crippen molar-refractivity contribution in [2.24, 2.45) is 5.73 Å². The lowest BCUT2D eigenvalue weighted by atomic mass is 10.1. The van der Waals surface area contributed by atoms with Crippen LogP contribution < -0.4 is 11.1 Å². The Hall–Kier alpha value is -2.49. The number of primary amides is 1. The summed E-state index contributed by atoms with van der Waals surface area (Å²) in [6, 6.07) is 10.9. The number of aryl methyl sites for hydroxylation is 2. The summed E-state index contributed by atoms with van der Waals surface area (Å²) in [5, 5.41) is 13.0.